The Morgan fingerprint density at radius 3 is 2.87 bits per heavy atom. The first-order valence-electron chi connectivity index (χ1n) is 7.60. The summed E-state index contributed by atoms with van der Waals surface area (Å²) in [5.74, 6) is 0.694. The number of nitrogens with zero attached hydrogens (tertiary/aromatic N) is 2. The van der Waals surface area contributed by atoms with E-state index in [4.69, 9.17) is 0 Å². The molecule has 118 valence electrons. The van der Waals surface area contributed by atoms with E-state index in [2.05, 4.69) is 20.7 Å². The normalized spacial score (nSPS) is 15.8. The summed E-state index contributed by atoms with van der Waals surface area (Å²) in [4.78, 5) is 21.6. The Kier molecular flexibility index (Phi) is 3.82. The number of carbonyl (C=O) groups is 1. The van der Waals surface area contributed by atoms with Crippen molar-refractivity contribution in [3.05, 3.63) is 41.3 Å². The molecule has 2 aromatic heterocycles. The summed E-state index contributed by atoms with van der Waals surface area (Å²) in [5, 5.41) is 7.23. The van der Waals surface area contributed by atoms with Gasteiger partial charge < -0.3 is 10.3 Å². The van der Waals surface area contributed by atoms with Crippen molar-refractivity contribution < 1.29 is 4.79 Å². The van der Waals surface area contributed by atoms with Gasteiger partial charge in [0, 0.05) is 26.2 Å². The average Bonchev–Trinajstić information content (AvgIpc) is 3.24. The quantitative estimate of drug-likeness (QED) is 0.686. The molecule has 0 radical (unpaired) electrons. The van der Waals surface area contributed by atoms with Gasteiger partial charge in [0.1, 0.15) is 11.3 Å². The van der Waals surface area contributed by atoms with Gasteiger partial charge in [-0.15, -0.1) is 11.3 Å². The van der Waals surface area contributed by atoms with E-state index in [9.17, 15) is 4.79 Å². The largest absolute Gasteiger partial charge is 0.337 e. The molecular formula is C16H17N5OS. The maximum absolute atomic E-state index is 12.6. The van der Waals surface area contributed by atoms with Crippen LogP contribution in [0.1, 0.15) is 10.4 Å². The Morgan fingerprint density at radius 1 is 1.22 bits per heavy atom. The minimum Gasteiger partial charge on any atom is -0.337 e. The van der Waals surface area contributed by atoms with Crippen LogP contribution in [-0.4, -0.2) is 47.1 Å². The third kappa shape index (κ3) is 2.86. The Hall–Kier alpha value is -2.22. The van der Waals surface area contributed by atoms with Gasteiger partial charge in [0.05, 0.1) is 16.0 Å². The van der Waals surface area contributed by atoms with E-state index in [1.165, 1.54) is 0 Å². The van der Waals surface area contributed by atoms with Crippen molar-refractivity contribution in [2.24, 2.45) is 0 Å². The second-order valence-corrected chi connectivity index (χ2v) is 6.39. The van der Waals surface area contributed by atoms with E-state index < -0.39 is 0 Å². The minimum absolute atomic E-state index is 0.110. The first kappa shape index (κ1) is 14.4. The number of nitrogens with one attached hydrogen (secondary N) is 3. The Morgan fingerprint density at radius 2 is 2.09 bits per heavy atom. The molecule has 3 N–H and O–H groups in total. The van der Waals surface area contributed by atoms with E-state index in [0.29, 0.717) is 11.1 Å². The third-order valence-electron chi connectivity index (χ3n) is 3.89. The lowest BCUT2D eigenvalue weighted by Crippen LogP contribution is -2.52. The van der Waals surface area contributed by atoms with Crippen LogP contribution in [0, 0.1) is 0 Å². The first-order chi connectivity index (χ1) is 11.3. The molecule has 6 nitrogen and oxygen atoms in total. The number of benzene rings is 1. The highest BCUT2D eigenvalue weighted by atomic mass is 32.1. The van der Waals surface area contributed by atoms with Gasteiger partial charge in [-0.3, -0.25) is 10.2 Å². The smallest absolute Gasteiger partial charge is 0.267 e. The highest BCUT2D eigenvalue weighted by Crippen LogP contribution is 2.26. The van der Waals surface area contributed by atoms with Crippen LogP contribution in [-0.2, 0) is 0 Å². The number of hydrazine groups is 1. The number of piperazine rings is 1. The molecular weight excluding hydrogens is 310 g/mol. The highest BCUT2D eigenvalue weighted by molar-refractivity contribution is 7.13. The van der Waals surface area contributed by atoms with Gasteiger partial charge in [0.25, 0.3) is 5.91 Å². The number of aromatic amines is 1. The highest BCUT2D eigenvalue weighted by Gasteiger charge is 2.18. The molecule has 7 heteroatoms. The standard InChI is InChI=1S/C16H17N5OS/c22-16(20-21-8-6-17-7-9-21)11-3-1-4-12-14(11)19-15(18-12)13-5-2-10-23-13/h1-5,10,17H,6-9H2,(H,18,19)(H,20,22). The molecule has 0 spiro atoms. The molecule has 1 amide bonds. The average molecular weight is 327 g/mol. The molecule has 0 atom stereocenters. The van der Waals surface area contributed by atoms with Crippen molar-refractivity contribution in [3.63, 3.8) is 0 Å². The summed E-state index contributed by atoms with van der Waals surface area (Å²) >= 11 is 1.62. The maximum Gasteiger partial charge on any atom is 0.267 e. The van der Waals surface area contributed by atoms with Crippen molar-refractivity contribution in [3.8, 4) is 10.7 Å². The minimum atomic E-state index is -0.110. The van der Waals surface area contributed by atoms with Crippen molar-refractivity contribution in [1.82, 2.24) is 25.7 Å². The molecule has 0 unspecified atom stereocenters. The summed E-state index contributed by atoms with van der Waals surface area (Å²) in [6, 6.07) is 9.65. The SMILES string of the molecule is O=C(NN1CCNCC1)c1cccc2[nH]c(-c3cccs3)nc12. The van der Waals surface area contributed by atoms with Crippen LogP contribution in [0.3, 0.4) is 0 Å². The second-order valence-electron chi connectivity index (χ2n) is 5.44. The van der Waals surface area contributed by atoms with Crippen molar-refractivity contribution in [2.75, 3.05) is 26.2 Å². The zero-order valence-electron chi connectivity index (χ0n) is 12.5. The molecule has 23 heavy (non-hydrogen) atoms. The number of rotatable bonds is 3. The summed E-state index contributed by atoms with van der Waals surface area (Å²) in [6.07, 6.45) is 0. The molecule has 1 saturated heterocycles. The number of fused-ring (bicyclic) bond motifs is 1. The predicted octanol–water partition coefficient (Wildman–Crippen LogP) is 1.84. The summed E-state index contributed by atoms with van der Waals surface area (Å²) in [6.45, 7) is 3.39. The van der Waals surface area contributed by atoms with E-state index in [-0.39, 0.29) is 5.91 Å². The fourth-order valence-corrected chi connectivity index (χ4v) is 3.40. The van der Waals surface area contributed by atoms with Gasteiger partial charge in [-0.05, 0) is 23.6 Å². The van der Waals surface area contributed by atoms with Crippen LogP contribution in [0.5, 0.6) is 0 Å². The number of carbonyl (C=O) groups excluding carboxylic acids is 1. The van der Waals surface area contributed by atoms with Crippen LogP contribution in [0.4, 0.5) is 0 Å². The third-order valence-corrected chi connectivity index (χ3v) is 4.77. The zero-order chi connectivity index (χ0) is 15.6. The van der Waals surface area contributed by atoms with Crippen LogP contribution in [0.2, 0.25) is 0 Å². The lowest BCUT2D eigenvalue weighted by molar-refractivity contribution is 0.0766. The van der Waals surface area contributed by atoms with Crippen LogP contribution in [0.15, 0.2) is 35.7 Å². The molecule has 0 bridgehead atoms. The fourth-order valence-electron chi connectivity index (χ4n) is 2.73. The Bertz CT molecular complexity index is 820. The maximum atomic E-state index is 12.6. The summed E-state index contributed by atoms with van der Waals surface area (Å²) < 4.78 is 0. The van der Waals surface area contributed by atoms with Gasteiger partial charge in [-0.25, -0.2) is 9.99 Å². The molecule has 1 aromatic carbocycles. The number of H-pyrrole nitrogens is 1. The molecule has 0 saturated carbocycles. The van der Waals surface area contributed by atoms with E-state index in [1.807, 2.05) is 40.7 Å². The fraction of sp³-hybridized carbons (Fsp3) is 0.250. The summed E-state index contributed by atoms with van der Waals surface area (Å²) in [5.41, 5.74) is 5.16. The van der Waals surface area contributed by atoms with Crippen LogP contribution in [0.25, 0.3) is 21.7 Å². The Balaban J connectivity index is 1.65. The van der Waals surface area contributed by atoms with E-state index >= 15 is 0 Å². The topological polar surface area (TPSA) is 73.1 Å². The molecule has 3 aromatic rings. The van der Waals surface area contributed by atoms with Gasteiger partial charge in [-0.2, -0.15) is 0 Å². The van der Waals surface area contributed by atoms with E-state index in [0.717, 1.165) is 42.4 Å². The lowest BCUT2D eigenvalue weighted by Gasteiger charge is -2.27. The molecule has 1 fully saturated rings. The number of hydrogen-bond acceptors (Lipinski definition) is 5. The number of para-hydroxylation sites is 1. The van der Waals surface area contributed by atoms with E-state index in [1.54, 1.807) is 11.3 Å². The van der Waals surface area contributed by atoms with Gasteiger partial charge in [0.2, 0.25) is 0 Å². The van der Waals surface area contributed by atoms with Gasteiger partial charge in [-0.1, -0.05) is 12.1 Å². The number of amides is 1. The Labute approximate surface area is 137 Å². The number of imidazole rings is 1. The van der Waals surface area contributed by atoms with Crippen LogP contribution < -0.4 is 10.7 Å². The van der Waals surface area contributed by atoms with Crippen molar-refractivity contribution >= 4 is 28.3 Å². The van der Waals surface area contributed by atoms with Crippen molar-refractivity contribution in [1.29, 1.82) is 0 Å². The second kappa shape index (κ2) is 6.11. The predicted molar refractivity (Wildman–Crippen MR) is 91.3 cm³/mol. The van der Waals surface area contributed by atoms with Crippen LogP contribution >= 0.6 is 11.3 Å². The van der Waals surface area contributed by atoms with Crippen molar-refractivity contribution in [2.45, 2.75) is 0 Å². The number of aromatic nitrogens is 2. The first-order valence-corrected chi connectivity index (χ1v) is 8.48. The molecule has 4 rings (SSSR count). The number of thiophene rings is 1. The molecule has 1 aliphatic heterocycles. The van der Waals surface area contributed by atoms with Gasteiger partial charge >= 0.3 is 0 Å². The summed E-state index contributed by atoms with van der Waals surface area (Å²) in [7, 11) is 0. The monoisotopic (exact) mass is 327 g/mol. The number of hydrogen-bond donors (Lipinski definition) is 3. The molecule has 1 aliphatic rings. The molecule has 3 heterocycles. The van der Waals surface area contributed by atoms with Gasteiger partial charge in [0.15, 0.2) is 0 Å². The molecule has 0 aliphatic carbocycles. The zero-order valence-corrected chi connectivity index (χ0v) is 13.3. The lowest BCUT2D eigenvalue weighted by atomic mass is 10.2.